The van der Waals surface area contributed by atoms with Crippen LogP contribution in [0, 0.1) is 0 Å². The van der Waals surface area contributed by atoms with Gasteiger partial charge in [-0.15, -0.1) is 0 Å². The van der Waals surface area contributed by atoms with Crippen LogP contribution in [0.25, 0.3) is 0 Å². The third-order valence-electron chi connectivity index (χ3n) is 2.25. The van der Waals surface area contributed by atoms with Gasteiger partial charge in [-0.05, 0) is 12.5 Å². The highest BCUT2D eigenvalue weighted by Crippen LogP contribution is 2.19. The molecule has 1 saturated heterocycles. The van der Waals surface area contributed by atoms with Gasteiger partial charge in [-0.25, -0.2) is 0 Å². The van der Waals surface area contributed by atoms with E-state index in [1.54, 1.807) is 6.92 Å². The molecule has 0 N–H and O–H groups in total. The van der Waals surface area contributed by atoms with Crippen LogP contribution >= 0.6 is 0 Å². The Hall–Kier alpha value is -1.15. The van der Waals surface area contributed by atoms with E-state index in [4.69, 9.17) is 4.74 Å². The van der Waals surface area contributed by atoms with E-state index < -0.39 is 0 Å². The first-order valence-electron chi connectivity index (χ1n) is 4.48. The van der Waals surface area contributed by atoms with E-state index >= 15 is 0 Å². The number of ether oxygens (including phenoxy) is 1. The summed E-state index contributed by atoms with van der Waals surface area (Å²) in [6.07, 6.45) is 1.22. The van der Waals surface area contributed by atoms with Gasteiger partial charge in [0.1, 0.15) is 0 Å². The fourth-order valence-corrected chi connectivity index (χ4v) is 1.47. The molecule has 1 atom stereocenters. The van der Waals surface area contributed by atoms with E-state index in [1.165, 1.54) is 0 Å². The van der Waals surface area contributed by atoms with Crippen molar-refractivity contribution in [2.45, 2.75) is 19.4 Å². The molecule has 0 bridgehead atoms. The van der Waals surface area contributed by atoms with Crippen molar-refractivity contribution in [2.24, 2.45) is 0 Å². The number of benzene rings is 1. The lowest BCUT2D eigenvalue weighted by Gasteiger charge is -2.03. The summed E-state index contributed by atoms with van der Waals surface area (Å²) in [4.78, 5) is 11.2. The van der Waals surface area contributed by atoms with Crippen LogP contribution in [0.4, 0.5) is 0 Å². The summed E-state index contributed by atoms with van der Waals surface area (Å²) in [5.74, 6) is 0.135. The molecule has 13 heavy (non-hydrogen) atoms. The van der Waals surface area contributed by atoms with Gasteiger partial charge in [-0.1, -0.05) is 24.3 Å². The quantitative estimate of drug-likeness (QED) is 0.519. The second kappa shape index (κ2) is 3.30. The zero-order chi connectivity index (χ0) is 9.26. The van der Waals surface area contributed by atoms with Gasteiger partial charge in [0.2, 0.25) is 0 Å². The van der Waals surface area contributed by atoms with E-state index in [0.717, 1.165) is 24.2 Å². The van der Waals surface area contributed by atoms with Gasteiger partial charge >= 0.3 is 0 Å². The highest BCUT2D eigenvalue weighted by molar-refractivity contribution is 5.95. The van der Waals surface area contributed by atoms with Crippen molar-refractivity contribution in [1.82, 2.24) is 0 Å². The first-order chi connectivity index (χ1) is 6.27. The second-order valence-corrected chi connectivity index (χ2v) is 3.37. The Bertz CT molecular complexity index is 327. The lowest BCUT2D eigenvalue weighted by molar-refractivity contribution is 0.101. The van der Waals surface area contributed by atoms with Crippen molar-refractivity contribution in [1.29, 1.82) is 0 Å². The number of Topliss-reactive ketones (excluding diaryl/α,β-unsaturated/α-hetero) is 1. The molecule has 0 aromatic heterocycles. The van der Waals surface area contributed by atoms with Gasteiger partial charge in [0, 0.05) is 12.0 Å². The molecule has 0 radical (unpaired) electrons. The average Bonchev–Trinajstić information content (AvgIpc) is 2.89. The molecule has 2 nitrogen and oxygen atoms in total. The molecule has 68 valence electrons. The molecule has 0 saturated carbocycles. The van der Waals surface area contributed by atoms with Gasteiger partial charge in [0.25, 0.3) is 0 Å². The maximum atomic E-state index is 11.2. The Kier molecular flexibility index (Phi) is 2.15. The standard InChI is InChI=1S/C11H12O2/c1-8(12)11-5-3-2-4-9(11)6-10-7-13-10/h2-5,10H,6-7H2,1H3. The molecule has 1 aromatic carbocycles. The van der Waals surface area contributed by atoms with Crippen molar-refractivity contribution in [3.8, 4) is 0 Å². The molecule has 1 unspecified atom stereocenters. The minimum absolute atomic E-state index is 0.135. The van der Waals surface area contributed by atoms with Crippen molar-refractivity contribution in [3.63, 3.8) is 0 Å². The van der Waals surface area contributed by atoms with Gasteiger partial charge in [-0.2, -0.15) is 0 Å². The molecule has 1 aromatic rings. The van der Waals surface area contributed by atoms with Crippen molar-refractivity contribution < 1.29 is 9.53 Å². The van der Waals surface area contributed by atoms with E-state index in [1.807, 2.05) is 24.3 Å². The van der Waals surface area contributed by atoms with Crippen LogP contribution in [0.15, 0.2) is 24.3 Å². The number of epoxide rings is 1. The summed E-state index contributed by atoms with van der Waals surface area (Å²) < 4.78 is 5.14. The van der Waals surface area contributed by atoms with Gasteiger partial charge < -0.3 is 4.74 Å². The van der Waals surface area contributed by atoms with Crippen LogP contribution in [0.3, 0.4) is 0 Å². The first-order valence-corrected chi connectivity index (χ1v) is 4.48. The van der Waals surface area contributed by atoms with Gasteiger partial charge in [0.05, 0.1) is 12.7 Å². The zero-order valence-electron chi connectivity index (χ0n) is 7.62. The first kappa shape index (κ1) is 8.45. The van der Waals surface area contributed by atoms with Crippen LogP contribution in [-0.2, 0) is 11.2 Å². The molecule has 0 spiro atoms. The minimum Gasteiger partial charge on any atom is -0.373 e. The molecule has 0 amide bonds. The summed E-state index contributed by atoms with van der Waals surface area (Å²) in [7, 11) is 0. The Morgan fingerprint density at radius 1 is 1.54 bits per heavy atom. The molecule has 2 rings (SSSR count). The highest BCUT2D eigenvalue weighted by atomic mass is 16.6. The predicted octanol–water partition coefficient (Wildman–Crippen LogP) is 1.83. The minimum atomic E-state index is 0.135. The molecule has 1 aliphatic heterocycles. The molecule has 2 heteroatoms. The molecule has 1 heterocycles. The van der Waals surface area contributed by atoms with Crippen molar-refractivity contribution in [2.75, 3.05) is 6.61 Å². The number of rotatable bonds is 3. The predicted molar refractivity (Wildman–Crippen MR) is 49.9 cm³/mol. The maximum Gasteiger partial charge on any atom is 0.160 e. The van der Waals surface area contributed by atoms with Crippen LogP contribution < -0.4 is 0 Å². The van der Waals surface area contributed by atoms with Crippen LogP contribution in [-0.4, -0.2) is 18.5 Å². The highest BCUT2D eigenvalue weighted by Gasteiger charge is 2.24. The van der Waals surface area contributed by atoms with E-state index in [-0.39, 0.29) is 5.78 Å². The van der Waals surface area contributed by atoms with Crippen LogP contribution in [0.1, 0.15) is 22.8 Å². The van der Waals surface area contributed by atoms with Gasteiger partial charge in [0.15, 0.2) is 5.78 Å². The van der Waals surface area contributed by atoms with Crippen molar-refractivity contribution >= 4 is 5.78 Å². The molecular formula is C11H12O2. The largest absolute Gasteiger partial charge is 0.373 e. The number of carbonyl (C=O) groups excluding carboxylic acids is 1. The monoisotopic (exact) mass is 176 g/mol. The fourth-order valence-electron chi connectivity index (χ4n) is 1.47. The maximum absolute atomic E-state index is 11.2. The van der Waals surface area contributed by atoms with Crippen LogP contribution in [0.5, 0.6) is 0 Å². The van der Waals surface area contributed by atoms with E-state index in [9.17, 15) is 4.79 Å². The second-order valence-electron chi connectivity index (χ2n) is 3.37. The third kappa shape index (κ3) is 1.95. The van der Waals surface area contributed by atoms with E-state index in [0.29, 0.717) is 6.10 Å². The number of ketones is 1. The SMILES string of the molecule is CC(=O)c1ccccc1CC1CO1. The summed E-state index contributed by atoms with van der Waals surface area (Å²) in [6, 6.07) is 7.73. The van der Waals surface area contributed by atoms with Gasteiger partial charge in [-0.3, -0.25) is 4.79 Å². The summed E-state index contributed by atoms with van der Waals surface area (Å²) in [6.45, 7) is 2.44. The number of carbonyl (C=O) groups is 1. The topological polar surface area (TPSA) is 29.6 Å². The Labute approximate surface area is 77.5 Å². The zero-order valence-corrected chi connectivity index (χ0v) is 7.62. The third-order valence-corrected chi connectivity index (χ3v) is 2.25. The van der Waals surface area contributed by atoms with E-state index in [2.05, 4.69) is 0 Å². The Morgan fingerprint density at radius 2 is 2.23 bits per heavy atom. The lowest BCUT2D eigenvalue weighted by Crippen LogP contribution is -2.02. The summed E-state index contributed by atoms with van der Waals surface area (Å²) >= 11 is 0. The van der Waals surface area contributed by atoms with Crippen molar-refractivity contribution in [3.05, 3.63) is 35.4 Å². The Morgan fingerprint density at radius 3 is 2.85 bits per heavy atom. The summed E-state index contributed by atoms with van der Waals surface area (Å²) in [5, 5.41) is 0. The molecule has 1 fully saturated rings. The molecular weight excluding hydrogens is 164 g/mol. The summed E-state index contributed by atoms with van der Waals surface area (Å²) in [5.41, 5.74) is 1.94. The number of hydrogen-bond acceptors (Lipinski definition) is 2. The smallest absolute Gasteiger partial charge is 0.160 e. The normalized spacial score (nSPS) is 19.9. The van der Waals surface area contributed by atoms with Crippen LogP contribution in [0.2, 0.25) is 0 Å². The fraction of sp³-hybridized carbons (Fsp3) is 0.364. The average molecular weight is 176 g/mol. The number of hydrogen-bond donors (Lipinski definition) is 0. The molecule has 1 aliphatic rings. The lowest BCUT2D eigenvalue weighted by atomic mass is 10.0. The molecule has 0 aliphatic carbocycles. The Balaban J connectivity index is 2.25.